The Bertz CT molecular complexity index is 2420. The Morgan fingerprint density at radius 1 is 0.552 bits per heavy atom. The predicted molar refractivity (Wildman–Crippen MR) is 331 cm³/mol. The van der Waals surface area contributed by atoms with Crippen LogP contribution in [0.15, 0.2) is 11.6 Å². The molecule has 96 heavy (non-hydrogen) atoms. The number of aliphatic hydroxyl groups is 10. The molecule has 30 atom stereocenters. The van der Waals surface area contributed by atoms with Gasteiger partial charge in [0.1, 0.15) is 79.4 Å². The molecule has 0 saturated carbocycles. The lowest BCUT2D eigenvalue weighted by atomic mass is 9.95. The van der Waals surface area contributed by atoms with Gasteiger partial charge in [0.15, 0.2) is 62.0 Å². The molecular formula is C66H110O30. The Morgan fingerprint density at radius 2 is 1.14 bits per heavy atom. The average molecular weight is 1380 g/mol. The van der Waals surface area contributed by atoms with E-state index in [1.165, 1.54) is 47.6 Å². The molecule has 6 aliphatic heterocycles. The van der Waals surface area contributed by atoms with Gasteiger partial charge < -0.3 is 122 Å². The second-order valence-electron chi connectivity index (χ2n) is 26.4. The van der Waals surface area contributed by atoms with Crippen LogP contribution in [0.3, 0.4) is 0 Å². The maximum Gasteiger partial charge on any atom is 0.333 e. The van der Waals surface area contributed by atoms with E-state index in [-0.39, 0.29) is 24.8 Å². The molecule has 0 aliphatic carbocycles. The number of rotatable bonds is 19. The van der Waals surface area contributed by atoms with Gasteiger partial charge in [0.25, 0.3) is 0 Å². The van der Waals surface area contributed by atoms with Gasteiger partial charge in [-0.1, -0.05) is 98.5 Å². The van der Waals surface area contributed by atoms with Crippen molar-refractivity contribution in [3.8, 4) is 0 Å². The van der Waals surface area contributed by atoms with E-state index < -0.39 is 233 Å². The van der Waals surface area contributed by atoms with Gasteiger partial charge in [-0.3, -0.25) is 19.2 Å². The molecule has 6 fully saturated rings. The minimum Gasteiger partial charge on any atom is -0.455 e. The van der Waals surface area contributed by atoms with Crippen LogP contribution in [0.25, 0.3) is 0 Å². The summed E-state index contributed by atoms with van der Waals surface area (Å²) in [6.45, 7) is 14.3. The van der Waals surface area contributed by atoms with Crippen LogP contribution in [-0.4, -0.2) is 266 Å². The summed E-state index contributed by atoms with van der Waals surface area (Å²) in [5.41, 5.74) is 0.128. The summed E-state index contributed by atoms with van der Waals surface area (Å²) in [6, 6.07) is 0. The average Bonchev–Trinajstić information content (AvgIpc) is 0.769. The minimum absolute atomic E-state index is 0.113. The van der Waals surface area contributed by atoms with Crippen LogP contribution < -0.4 is 0 Å². The monoisotopic (exact) mass is 1380 g/mol. The summed E-state index contributed by atoms with van der Waals surface area (Å²) in [5, 5.41) is 116. The lowest BCUT2D eigenvalue weighted by Crippen LogP contribution is -2.69. The number of fused-ring (bicyclic) bond motifs is 6. The number of hydrogen-bond acceptors (Lipinski definition) is 30. The Hall–Kier alpha value is -3.71. The summed E-state index contributed by atoms with van der Waals surface area (Å²) in [7, 11) is 0. The van der Waals surface area contributed by atoms with Gasteiger partial charge in [-0.2, -0.15) is 0 Å². The molecule has 10 N–H and O–H groups in total. The predicted octanol–water partition coefficient (Wildman–Crippen LogP) is 1.46. The number of ether oxygens (including phenoxy) is 15. The van der Waals surface area contributed by atoms with Crippen molar-refractivity contribution in [1.29, 1.82) is 0 Å². The zero-order valence-corrected chi connectivity index (χ0v) is 57.3. The molecule has 4 bridgehead atoms. The Labute approximate surface area is 561 Å². The van der Waals surface area contributed by atoms with Crippen LogP contribution in [-0.2, 0) is 95.0 Å². The molecule has 6 rings (SSSR count). The number of hydrogen-bond donors (Lipinski definition) is 10. The third-order valence-corrected chi connectivity index (χ3v) is 19.1. The minimum atomic E-state index is -2.25. The van der Waals surface area contributed by atoms with E-state index in [9.17, 15) is 75.0 Å². The van der Waals surface area contributed by atoms with E-state index >= 15 is 0 Å². The van der Waals surface area contributed by atoms with Crippen molar-refractivity contribution in [3.05, 3.63) is 11.6 Å². The highest BCUT2D eigenvalue weighted by atomic mass is 16.8. The van der Waals surface area contributed by atoms with Crippen LogP contribution in [0, 0.1) is 17.8 Å². The molecule has 6 saturated heterocycles. The number of allylic oxidation sites excluding steroid dienone is 1. The SMILES string of the molecule is C/C=C(\C)C(=O)O[C@@H]1[C@@H](O)[C@@H](OC(=O)[C@@H](C)[C@H](C)O)[C@H](O[C@H]2[C@@H]3O[C@H]4[C@H](O[C@@H](CCCCC)CCCCCCCCCC(=O)O[C@H]5[C@H](OC[C@H]6O[C@@H](O[C@H]2[C@H](O)[C@@H](CO)O3)[C@H](O)[C@@H](OC(=O)[C@@H](C)CC)[C@@H]6OC(=O)[C@@H](C)CC)O[C@H](CO)[C@@H](O)[C@@H]5O)O[C@H](C)[C@@H](O)[C@@H]4O)O[C@H]1C. The van der Waals surface area contributed by atoms with E-state index in [1.54, 1.807) is 27.7 Å². The molecule has 0 spiro atoms. The Kier molecular flexibility index (Phi) is 32.9. The first-order valence-electron chi connectivity index (χ1n) is 34.5. The lowest BCUT2D eigenvalue weighted by Gasteiger charge is -2.51. The van der Waals surface area contributed by atoms with Crippen LogP contribution in [0.2, 0.25) is 0 Å². The molecule has 30 heteroatoms. The fourth-order valence-electron chi connectivity index (χ4n) is 11.9. The highest BCUT2D eigenvalue weighted by molar-refractivity contribution is 5.87. The molecule has 0 aromatic carbocycles. The highest BCUT2D eigenvalue weighted by Gasteiger charge is 2.60. The second-order valence-corrected chi connectivity index (χ2v) is 26.4. The van der Waals surface area contributed by atoms with Gasteiger partial charge in [-0.25, -0.2) is 4.79 Å². The molecule has 0 aromatic heterocycles. The third kappa shape index (κ3) is 21.2. The van der Waals surface area contributed by atoms with Crippen molar-refractivity contribution in [3.63, 3.8) is 0 Å². The van der Waals surface area contributed by atoms with Crippen molar-refractivity contribution in [2.75, 3.05) is 19.8 Å². The van der Waals surface area contributed by atoms with Crippen LogP contribution in [0.4, 0.5) is 0 Å². The summed E-state index contributed by atoms with van der Waals surface area (Å²) in [5.74, 6) is -7.50. The van der Waals surface area contributed by atoms with Crippen molar-refractivity contribution in [2.24, 2.45) is 17.8 Å². The molecule has 30 nitrogen and oxygen atoms in total. The van der Waals surface area contributed by atoms with Crippen LogP contribution >= 0.6 is 0 Å². The number of carbonyl (C=O) groups is 5. The molecule has 0 radical (unpaired) electrons. The van der Waals surface area contributed by atoms with E-state index in [1.807, 2.05) is 6.92 Å². The van der Waals surface area contributed by atoms with Gasteiger partial charge in [-0.05, 0) is 73.6 Å². The van der Waals surface area contributed by atoms with Crippen LogP contribution in [0.5, 0.6) is 0 Å². The summed E-state index contributed by atoms with van der Waals surface area (Å²) in [6.07, 6.45) is -37.6. The van der Waals surface area contributed by atoms with Crippen molar-refractivity contribution >= 4 is 29.8 Å². The largest absolute Gasteiger partial charge is 0.455 e. The maximum absolute atomic E-state index is 14.1. The zero-order valence-electron chi connectivity index (χ0n) is 57.3. The van der Waals surface area contributed by atoms with Crippen molar-refractivity contribution < 1.29 is 146 Å². The molecular weight excluding hydrogens is 1270 g/mol. The summed E-state index contributed by atoms with van der Waals surface area (Å²) >= 11 is 0. The quantitative estimate of drug-likeness (QED) is 0.0379. The third-order valence-electron chi connectivity index (χ3n) is 19.1. The number of unbranched alkanes of at least 4 members (excludes halogenated alkanes) is 2. The van der Waals surface area contributed by atoms with Gasteiger partial charge in [-0.15, -0.1) is 0 Å². The summed E-state index contributed by atoms with van der Waals surface area (Å²) in [4.78, 5) is 69.0. The first kappa shape index (κ1) is 81.3. The number of carbonyl (C=O) groups excluding carboxylic acids is 5. The van der Waals surface area contributed by atoms with Gasteiger partial charge in [0.2, 0.25) is 0 Å². The number of aliphatic hydroxyl groups excluding tert-OH is 10. The molecule has 6 aliphatic rings. The van der Waals surface area contributed by atoms with Crippen molar-refractivity contribution in [1.82, 2.24) is 0 Å². The lowest BCUT2D eigenvalue weighted by molar-refractivity contribution is -0.410. The first-order valence-corrected chi connectivity index (χ1v) is 34.5. The van der Waals surface area contributed by atoms with Gasteiger partial charge in [0.05, 0.1) is 62.0 Å². The second kappa shape index (κ2) is 38.9. The van der Waals surface area contributed by atoms with E-state index in [0.29, 0.717) is 32.1 Å². The molecule has 554 valence electrons. The Balaban J connectivity index is 1.56. The fraction of sp³-hybridized carbons (Fsp3) is 0.894. The van der Waals surface area contributed by atoms with Crippen molar-refractivity contribution in [2.45, 2.75) is 338 Å². The van der Waals surface area contributed by atoms with E-state index in [4.69, 9.17) is 71.1 Å². The first-order chi connectivity index (χ1) is 45.6. The molecule has 0 unspecified atom stereocenters. The Morgan fingerprint density at radius 3 is 1.75 bits per heavy atom. The molecule has 0 aromatic rings. The summed E-state index contributed by atoms with van der Waals surface area (Å²) < 4.78 is 94.1. The normalized spacial score (nSPS) is 40.3. The smallest absolute Gasteiger partial charge is 0.333 e. The van der Waals surface area contributed by atoms with Gasteiger partial charge in [0, 0.05) is 12.0 Å². The highest BCUT2D eigenvalue weighted by Crippen LogP contribution is 2.40. The maximum atomic E-state index is 14.1. The molecule has 0 amide bonds. The van der Waals surface area contributed by atoms with E-state index in [0.717, 1.165) is 44.9 Å². The zero-order chi connectivity index (χ0) is 70.8. The number of esters is 5. The topological polar surface area (TPSA) is 426 Å². The van der Waals surface area contributed by atoms with E-state index in [2.05, 4.69) is 0 Å². The van der Waals surface area contributed by atoms with Crippen LogP contribution in [0.1, 0.15) is 172 Å². The molecule has 6 heterocycles. The standard InChI is InChI=1S/C66H110O30/c1-12-16-22-25-38-26-23-20-18-17-19-21-24-27-42(70)89-54-47(75)44(72)39(28-67)86-63(54)82-30-41-51(91-59(79)32(6)14-3)53(92-60(80)33(7)15-4)49(77)62(88-41)94-52-45(73)40(29-68)87-66(95-55-46(74)43(71)36(10)83-64(55)85-38)57(52)96-65-56(93-61(81)34(8)35(9)69)48(76)50(37(11)84-65)90-58(78)31(5)13-2/h13,32-41,43-57,62-69,71-77H,12,14-30H2,1-11H3/b31-13+/t32-,33-,34-,35-,36+,37-,38-,39+,40+,41+,43+,44+,45+,46-,47-,48+,49+,50-,51+,52-,53+,54+,55+,56+,57+,62-,63+,64-,65-,66-/m0/s1. The van der Waals surface area contributed by atoms with Gasteiger partial charge >= 0.3 is 29.8 Å². The fourth-order valence-corrected chi connectivity index (χ4v) is 11.9.